The van der Waals surface area contributed by atoms with Gasteiger partial charge in [0.05, 0.1) is 0 Å². The summed E-state index contributed by atoms with van der Waals surface area (Å²) >= 11 is 0. The van der Waals surface area contributed by atoms with Crippen molar-refractivity contribution in [3.8, 4) is 0 Å². The van der Waals surface area contributed by atoms with Crippen molar-refractivity contribution in [2.45, 2.75) is 19.8 Å². The molecule has 0 saturated carbocycles. The average Bonchev–Trinajstić information content (AvgIpc) is 1.91. The molecule has 0 aliphatic carbocycles. The van der Waals surface area contributed by atoms with Crippen LogP contribution in [0.5, 0.6) is 0 Å². The van der Waals surface area contributed by atoms with Crippen molar-refractivity contribution in [1.29, 1.82) is 0 Å². The number of aliphatic hydroxyl groups is 1. The summed E-state index contributed by atoms with van der Waals surface area (Å²) in [7, 11) is 0. The van der Waals surface area contributed by atoms with Crippen LogP contribution in [-0.4, -0.2) is 11.7 Å². The van der Waals surface area contributed by atoms with Gasteiger partial charge in [0.25, 0.3) is 0 Å². The predicted molar refractivity (Wildman–Crippen MR) is 38.8 cm³/mol. The second-order valence-corrected chi connectivity index (χ2v) is 2.12. The molecule has 0 aliphatic rings. The lowest BCUT2D eigenvalue weighted by Gasteiger charge is -2.05. The Kier molecular flexibility index (Phi) is 5.32. The molecule has 2 heteroatoms. The SMILES string of the molecule is CCC(CO)C/C=C\N. The third-order valence-electron chi connectivity index (χ3n) is 1.44. The molecule has 0 fully saturated rings. The van der Waals surface area contributed by atoms with Gasteiger partial charge in [0.2, 0.25) is 0 Å². The predicted octanol–water partition coefficient (Wildman–Crippen LogP) is 0.867. The van der Waals surface area contributed by atoms with E-state index in [1.54, 1.807) is 0 Å². The van der Waals surface area contributed by atoms with Gasteiger partial charge in [-0.05, 0) is 18.5 Å². The van der Waals surface area contributed by atoms with Crippen LogP contribution in [0, 0.1) is 5.92 Å². The molecule has 0 saturated heterocycles. The molecule has 2 nitrogen and oxygen atoms in total. The second kappa shape index (κ2) is 5.63. The molecule has 0 aliphatic heterocycles. The Morgan fingerprint density at radius 3 is 2.67 bits per heavy atom. The topological polar surface area (TPSA) is 46.2 Å². The molecule has 0 heterocycles. The van der Waals surface area contributed by atoms with Crippen molar-refractivity contribution in [2.75, 3.05) is 6.61 Å². The zero-order valence-corrected chi connectivity index (χ0v) is 5.88. The Labute approximate surface area is 56.4 Å². The third kappa shape index (κ3) is 4.03. The molecule has 0 rings (SSSR count). The van der Waals surface area contributed by atoms with Crippen molar-refractivity contribution in [2.24, 2.45) is 11.7 Å². The molecule has 54 valence electrons. The Morgan fingerprint density at radius 1 is 1.67 bits per heavy atom. The average molecular weight is 129 g/mol. The number of rotatable bonds is 4. The summed E-state index contributed by atoms with van der Waals surface area (Å²) in [6.45, 7) is 2.33. The summed E-state index contributed by atoms with van der Waals surface area (Å²) in [5.74, 6) is 0.393. The van der Waals surface area contributed by atoms with E-state index in [9.17, 15) is 0 Å². The summed E-state index contributed by atoms with van der Waals surface area (Å²) in [5.41, 5.74) is 5.12. The summed E-state index contributed by atoms with van der Waals surface area (Å²) < 4.78 is 0. The van der Waals surface area contributed by atoms with E-state index >= 15 is 0 Å². The van der Waals surface area contributed by atoms with Gasteiger partial charge in [0, 0.05) is 6.61 Å². The summed E-state index contributed by atoms with van der Waals surface area (Å²) in [6, 6.07) is 0. The van der Waals surface area contributed by atoms with Gasteiger partial charge in [-0.25, -0.2) is 0 Å². The van der Waals surface area contributed by atoms with Gasteiger partial charge in [0.15, 0.2) is 0 Å². The molecule has 0 aromatic rings. The summed E-state index contributed by atoms with van der Waals surface area (Å²) in [4.78, 5) is 0. The highest BCUT2D eigenvalue weighted by molar-refractivity contribution is 4.78. The van der Waals surface area contributed by atoms with Crippen molar-refractivity contribution < 1.29 is 5.11 Å². The van der Waals surface area contributed by atoms with Crippen LogP contribution in [0.1, 0.15) is 19.8 Å². The van der Waals surface area contributed by atoms with Gasteiger partial charge >= 0.3 is 0 Å². The third-order valence-corrected chi connectivity index (χ3v) is 1.44. The van der Waals surface area contributed by atoms with Crippen molar-refractivity contribution >= 4 is 0 Å². The number of hydrogen-bond acceptors (Lipinski definition) is 2. The minimum atomic E-state index is 0.265. The highest BCUT2D eigenvalue weighted by atomic mass is 16.3. The Balaban J connectivity index is 3.31. The van der Waals surface area contributed by atoms with Gasteiger partial charge in [-0.15, -0.1) is 0 Å². The molecule has 1 atom stereocenters. The molecule has 1 unspecified atom stereocenters. The second-order valence-electron chi connectivity index (χ2n) is 2.12. The molecule has 3 N–H and O–H groups in total. The number of nitrogens with two attached hydrogens (primary N) is 1. The molecule has 0 aromatic heterocycles. The lowest BCUT2D eigenvalue weighted by atomic mass is 10.0. The van der Waals surface area contributed by atoms with Crippen LogP contribution in [0.2, 0.25) is 0 Å². The smallest absolute Gasteiger partial charge is 0.0462 e. The monoisotopic (exact) mass is 129 g/mol. The normalized spacial score (nSPS) is 14.4. The molecular formula is C7H15NO. The first-order valence-corrected chi connectivity index (χ1v) is 3.32. The van der Waals surface area contributed by atoms with Gasteiger partial charge in [-0.3, -0.25) is 0 Å². The summed E-state index contributed by atoms with van der Waals surface area (Å²) in [5, 5.41) is 8.68. The van der Waals surface area contributed by atoms with E-state index in [1.165, 1.54) is 6.20 Å². The van der Waals surface area contributed by atoms with Gasteiger partial charge in [0.1, 0.15) is 0 Å². The van der Waals surface area contributed by atoms with E-state index in [0.717, 1.165) is 12.8 Å². The maximum Gasteiger partial charge on any atom is 0.0462 e. The van der Waals surface area contributed by atoms with E-state index < -0.39 is 0 Å². The quantitative estimate of drug-likeness (QED) is 0.591. The number of aliphatic hydroxyl groups excluding tert-OH is 1. The minimum absolute atomic E-state index is 0.265. The standard InChI is InChI=1S/C7H15NO/c1-2-7(6-9)4-3-5-8/h3,5,7,9H,2,4,6,8H2,1H3/b5-3-. The van der Waals surface area contributed by atoms with Crippen molar-refractivity contribution in [3.63, 3.8) is 0 Å². The van der Waals surface area contributed by atoms with Gasteiger partial charge < -0.3 is 10.8 Å². The maximum absolute atomic E-state index is 8.68. The first-order valence-electron chi connectivity index (χ1n) is 3.32. The highest BCUT2D eigenvalue weighted by Gasteiger charge is 1.99. The molecular weight excluding hydrogens is 114 g/mol. The van der Waals surface area contributed by atoms with Crippen LogP contribution in [0.15, 0.2) is 12.3 Å². The van der Waals surface area contributed by atoms with Crippen LogP contribution in [0.25, 0.3) is 0 Å². The molecule has 0 spiro atoms. The molecule has 0 radical (unpaired) electrons. The zero-order chi connectivity index (χ0) is 7.11. The van der Waals surface area contributed by atoms with Crippen molar-refractivity contribution in [3.05, 3.63) is 12.3 Å². The number of allylic oxidation sites excluding steroid dienone is 1. The summed E-state index contributed by atoms with van der Waals surface area (Å²) in [6.07, 6.45) is 5.31. The molecule has 0 aromatic carbocycles. The highest BCUT2D eigenvalue weighted by Crippen LogP contribution is 2.06. The fourth-order valence-electron chi connectivity index (χ4n) is 0.641. The maximum atomic E-state index is 8.68. The van der Waals surface area contributed by atoms with Crippen molar-refractivity contribution in [1.82, 2.24) is 0 Å². The Bertz CT molecular complexity index is 77.0. The van der Waals surface area contributed by atoms with E-state index in [0.29, 0.717) is 5.92 Å². The Hall–Kier alpha value is -0.500. The fraction of sp³-hybridized carbons (Fsp3) is 0.714. The van der Waals surface area contributed by atoms with E-state index in [2.05, 4.69) is 6.92 Å². The molecule has 0 amide bonds. The van der Waals surface area contributed by atoms with Gasteiger partial charge in [-0.2, -0.15) is 0 Å². The minimum Gasteiger partial charge on any atom is -0.405 e. The zero-order valence-electron chi connectivity index (χ0n) is 5.88. The lowest BCUT2D eigenvalue weighted by Crippen LogP contribution is -2.02. The molecule has 0 bridgehead atoms. The van der Waals surface area contributed by atoms with Crippen LogP contribution in [0.3, 0.4) is 0 Å². The first kappa shape index (κ1) is 8.50. The van der Waals surface area contributed by atoms with E-state index in [1.807, 2.05) is 6.08 Å². The van der Waals surface area contributed by atoms with Crippen LogP contribution >= 0.6 is 0 Å². The largest absolute Gasteiger partial charge is 0.405 e. The van der Waals surface area contributed by atoms with E-state index in [-0.39, 0.29) is 6.61 Å². The van der Waals surface area contributed by atoms with Crippen LogP contribution in [-0.2, 0) is 0 Å². The Morgan fingerprint density at radius 2 is 2.33 bits per heavy atom. The van der Waals surface area contributed by atoms with Crippen LogP contribution in [0.4, 0.5) is 0 Å². The van der Waals surface area contributed by atoms with Gasteiger partial charge in [-0.1, -0.05) is 19.4 Å². The molecule has 9 heavy (non-hydrogen) atoms. The lowest BCUT2D eigenvalue weighted by molar-refractivity contribution is 0.224. The number of hydrogen-bond donors (Lipinski definition) is 2. The van der Waals surface area contributed by atoms with Crippen LogP contribution < -0.4 is 5.73 Å². The van der Waals surface area contributed by atoms with E-state index in [4.69, 9.17) is 10.8 Å². The fourth-order valence-corrected chi connectivity index (χ4v) is 0.641. The first-order chi connectivity index (χ1) is 4.35.